The van der Waals surface area contributed by atoms with E-state index in [1.54, 1.807) is 14.2 Å². The van der Waals surface area contributed by atoms with Crippen molar-refractivity contribution in [3.05, 3.63) is 0 Å². The Kier molecular flexibility index (Phi) is 8.66. The van der Waals surface area contributed by atoms with Gasteiger partial charge >= 0.3 is 0 Å². The van der Waals surface area contributed by atoms with E-state index in [0.717, 1.165) is 9.52 Å². The smallest absolute Gasteiger partial charge is 0.136 e. The molecular weight excluding hydrogens is 259 g/mol. The maximum Gasteiger partial charge on any atom is 0.136 e. The third kappa shape index (κ3) is 5.64. The molecule has 2 radical (unpaired) electrons. The van der Waals surface area contributed by atoms with Crippen LogP contribution in [0.15, 0.2) is 0 Å². The van der Waals surface area contributed by atoms with Gasteiger partial charge in [-0.25, -0.2) is 0 Å². The van der Waals surface area contributed by atoms with Gasteiger partial charge in [0.1, 0.15) is 15.4 Å². The molecule has 0 heterocycles. The zero-order valence-corrected chi connectivity index (χ0v) is 9.55. The molecule has 0 saturated carbocycles. The van der Waals surface area contributed by atoms with Crippen molar-refractivity contribution in [3.8, 4) is 0 Å². The zero-order chi connectivity index (χ0) is 7.82. The predicted molar refractivity (Wildman–Crippen MR) is 51.9 cm³/mol. The molecule has 2 nitrogen and oxygen atoms in total. The predicted octanol–water partition coefficient (Wildman–Crippen LogP) is 1.51. The highest BCUT2D eigenvalue weighted by Crippen LogP contribution is 1.98. The normalized spacial score (nSPS) is 10.8. The van der Waals surface area contributed by atoms with Gasteiger partial charge in [0, 0.05) is 14.2 Å². The van der Waals surface area contributed by atoms with Crippen LogP contribution in [0.1, 0.15) is 6.42 Å². The minimum atomic E-state index is 0.0305. The van der Waals surface area contributed by atoms with Crippen molar-refractivity contribution in [1.29, 1.82) is 0 Å². The van der Waals surface area contributed by atoms with Crippen LogP contribution in [0.3, 0.4) is 0 Å². The van der Waals surface area contributed by atoms with Crippen molar-refractivity contribution in [2.45, 2.75) is 18.4 Å². The molecule has 0 atom stereocenters. The van der Waals surface area contributed by atoms with E-state index in [1.807, 2.05) is 0 Å². The first-order valence-electron chi connectivity index (χ1n) is 3.20. The van der Waals surface area contributed by atoms with E-state index in [1.165, 1.54) is 16.9 Å². The molecule has 0 aromatic carbocycles. The van der Waals surface area contributed by atoms with Crippen LogP contribution in [0.2, 0.25) is 6.04 Å². The molecule has 4 heteroatoms. The number of rotatable bonds is 6. The minimum Gasteiger partial charge on any atom is -0.360 e. The molecular formula is C6H13IO2Si. The molecule has 0 spiro atoms. The molecule has 0 N–H and O–H groups in total. The Hall–Kier alpha value is 0.867. The summed E-state index contributed by atoms with van der Waals surface area (Å²) in [5, 5.41) is 0. The van der Waals surface area contributed by atoms with Gasteiger partial charge in [0.2, 0.25) is 0 Å². The summed E-state index contributed by atoms with van der Waals surface area (Å²) in [6.45, 7) is 0. The highest BCUT2D eigenvalue weighted by atomic mass is 127. The molecule has 0 fully saturated rings. The van der Waals surface area contributed by atoms with Crippen LogP contribution in [0.5, 0.6) is 0 Å². The lowest BCUT2D eigenvalue weighted by atomic mass is 10.6. The fraction of sp³-hybridized carbons (Fsp3) is 1.00. The molecule has 0 saturated heterocycles. The fourth-order valence-electron chi connectivity index (χ4n) is 0.550. The van der Waals surface area contributed by atoms with E-state index in [2.05, 4.69) is 22.6 Å². The lowest BCUT2D eigenvalue weighted by molar-refractivity contribution is -0.0441. The second-order valence-corrected chi connectivity index (χ2v) is 4.26. The van der Waals surface area contributed by atoms with Crippen LogP contribution in [-0.2, 0) is 9.47 Å². The monoisotopic (exact) mass is 272 g/mol. The van der Waals surface area contributed by atoms with Gasteiger partial charge in [-0.2, -0.15) is 0 Å². The standard InChI is InChI=1S/C6H13IO2Si/c1-8-6(9-2)10-5-3-4-7/h6H,3-5H2,1-2H3. The van der Waals surface area contributed by atoms with Gasteiger partial charge in [-0.05, 0) is 10.8 Å². The minimum absolute atomic E-state index is 0.0305. The molecule has 60 valence electrons. The average Bonchev–Trinajstić information content (AvgIpc) is 1.99. The van der Waals surface area contributed by atoms with Gasteiger partial charge in [-0.15, -0.1) is 0 Å². The quantitative estimate of drug-likeness (QED) is 0.240. The second kappa shape index (κ2) is 7.97. The van der Waals surface area contributed by atoms with Gasteiger partial charge in [0.25, 0.3) is 0 Å². The second-order valence-electron chi connectivity index (χ2n) is 1.80. The van der Waals surface area contributed by atoms with Crippen molar-refractivity contribution >= 4 is 32.1 Å². The van der Waals surface area contributed by atoms with E-state index in [-0.39, 0.29) is 5.91 Å². The molecule has 0 aromatic heterocycles. The number of methoxy groups -OCH3 is 2. The highest BCUT2D eigenvalue weighted by Gasteiger charge is 2.04. The molecule has 0 aliphatic rings. The first-order valence-corrected chi connectivity index (χ1v) is 6.01. The lowest BCUT2D eigenvalue weighted by Crippen LogP contribution is -2.20. The van der Waals surface area contributed by atoms with Crippen LogP contribution in [0.4, 0.5) is 0 Å². The Labute approximate surface area is 78.6 Å². The Morgan fingerprint density at radius 2 is 2.00 bits per heavy atom. The van der Waals surface area contributed by atoms with Gasteiger partial charge in [0.15, 0.2) is 0 Å². The highest BCUT2D eigenvalue weighted by molar-refractivity contribution is 14.1. The molecule has 0 rings (SSSR count). The summed E-state index contributed by atoms with van der Waals surface area (Å²) in [6.07, 6.45) is 1.27. The van der Waals surface area contributed by atoms with Crippen molar-refractivity contribution in [3.63, 3.8) is 0 Å². The van der Waals surface area contributed by atoms with E-state index in [9.17, 15) is 0 Å². The fourth-order valence-corrected chi connectivity index (χ4v) is 2.60. The van der Waals surface area contributed by atoms with E-state index in [4.69, 9.17) is 9.47 Å². The van der Waals surface area contributed by atoms with Gasteiger partial charge in [-0.3, -0.25) is 0 Å². The lowest BCUT2D eigenvalue weighted by Gasteiger charge is -2.10. The average molecular weight is 272 g/mol. The summed E-state index contributed by atoms with van der Waals surface area (Å²) < 4.78 is 11.3. The molecule has 0 amide bonds. The summed E-state index contributed by atoms with van der Waals surface area (Å²) in [7, 11) is 4.15. The van der Waals surface area contributed by atoms with Crippen LogP contribution in [-0.4, -0.2) is 34.1 Å². The van der Waals surface area contributed by atoms with Gasteiger partial charge in [0.05, 0.1) is 0 Å². The zero-order valence-electron chi connectivity index (χ0n) is 6.39. The van der Waals surface area contributed by atoms with Crippen LogP contribution < -0.4 is 0 Å². The van der Waals surface area contributed by atoms with E-state index >= 15 is 0 Å². The Morgan fingerprint density at radius 1 is 1.40 bits per heavy atom. The molecule has 0 unspecified atom stereocenters. The van der Waals surface area contributed by atoms with Crippen LogP contribution in [0.25, 0.3) is 0 Å². The number of hydrogen-bond acceptors (Lipinski definition) is 2. The molecule has 0 aliphatic heterocycles. The van der Waals surface area contributed by atoms with E-state index < -0.39 is 0 Å². The van der Waals surface area contributed by atoms with E-state index in [0.29, 0.717) is 0 Å². The van der Waals surface area contributed by atoms with Crippen molar-refractivity contribution in [2.24, 2.45) is 0 Å². The summed E-state index contributed by atoms with van der Waals surface area (Å²) in [4.78, 5) is 0. The van der Waals surface area contributed by atoms with Gasteiger partial charge < -0.3 is 9.47 Å². The summed E-state index contributed by atoms with van der Waals surface area (Å²) >= 11 is 2.38. The number of halogens is 1. The van der Waals surface area contributed by atoms with Crippen molar-refractivity contribution < 1.29 is 9.47 Å². The number of hydrogen-bond donors (Lipinski definition) is 0. The topological polar surface area (TPSA) is 18.5 Å². The first kappa shape index (κ1) is 10.9. The SMILES string of the molecule is COC(OC)[Si]CCCI. The summed E-state index contributed by atoms with van der Waals surface area (Å²) in [5.74, 6) is 0.0305. The maximum atomic E-state index is 5.03. The third-order valence-corrected chi connectivity index (χ3v) is 3.26. The van der Waals surface area contributed by atoms with Crippen LogP contribution in [0, 0.1) is 0 Å². The van der Waals surface area contributed by atoms with Gasteiger partial charge in [-0.1, -0.05) is 28.6 Å². The Bertz CT molecular complexity index is 68.8. The Balaban J connectivity index is 3.09. The molecule has 0 aromatic rings. The molecule has 0 aliphatic carbocycles. The molecule has 0 bridgehead atoms. The largest absolute Gasteiger partial charge is 0.360 e. The maximum absolute atomic E-state index is 5.03. The van der Waals surface area contributed by atoms with Crippen molar-refractivity contribution in [2.75, 3.05) is 18.6 Å². The summed E-state index contributed by atoms with van der Waals surface area (Å²) in [6, 6.07) is 1.22. The third-order valence-electron chi connectivity index (χ3n) is 1.05. The summed E-state index contributed by atoms with van der Waals surface area (Å²) in [5.41, 5.74) is 0. The Morgan fingerprint density at radius 3 is 2.40 bits per heavy atom. The number of ether oxygens (including phenoxy) is 2. The number of alkyl halides is 1. The first-order chi connectivity index (χ1) is 4.85. The van der Waals surface area contributed by atoms with Crippen molar-refractivity contribution in [1.82, 2.24) is 0 Å². The molecule has 10 heavy (non-hydrogen) atoms. The van der Waals surface area contributed by atoms with Crippen LogP contribution >= 0.6 is 22.6 Å².